The molecule has 4 aromatic rings. The van der Waals surface area contributed by atoms with Gasteiger partial charge in [-0.1, -0.05) is 48.5 Å². The lowest BCUT2D eigenvalue weighted by Crippen LogP contribution is -2.19. The van der Waals surface area contributed by atoms with E-state index >= 15 is 0 Å². The molecule has 4 N–H and O–H groups in total. The number of esters is 5. The summed E-state index contributed by atoms with van der Waals surface area (Å²) in [6.07, 6.45) is 3.75. The summed E-state index contributed by atoms with van der Waals surface area (Å²) in [6.45, 7) is 11.5. The molecule has 0 amide bonds. The first-order valence-electron chi connectivity index (χ1n) is 18.1. The van der Waals surface area contributed by atoms with E-state index in [0.29, 0.717) is 17.5 Å². The second-order valence-corrected chi connectivity index (χ2v) is 10.6. The number of aromatic nitrogens is 1. The van der Waals surface area contributed by atoms with E-state index in [0.717, 1.165) is 17.6 Å². The minimum Gasteiger partial charge on any atom is -0.500 e. The number of carbonyl (C=O) groups excluding carboxylic acids is 5. The van der Waals surface area contributed by atoms with Crippen molar-refractivity contribution in [2.24, 2.45) is 0 Å². The number of H-pyrrole nitrogens is 1. The Kier molecular flexibility index (Phi) is 24.1. The summed E-state index contributed by atoms with van der Waals surface area (Å²) in [6, 6.07) is 25.7. The molecule has 0 radical (unpaired) electrons. The summed E-state index contributed by atoms with van der Waals surface area (Å²) >= 11 is 0. The molecule has 0 fully saturated rings. The van der Waals surface area contributed by atoms with Gasteiger partial charge in [-0.3, -0.25) is 4.79 Å². The maximum atomic E-state index is 11.9. The van der Waals surface area contributed by atoms with E-state index in [1.54, 1.807) is 59.7 Å². The summed E-state index contributed by atoms with van der Waals surface area (Å²) in [4.78, 5) is 72.2. The largest absolute Gasteiger partial charge is 0.500 e. The van der Waals surface area contributed by atoms with Crippen LogP contribution in [0.1, 0.15) is 51.9 Å². The fraction of sp³-hybridized carbons (Fsp3) is 0.286. The minimum atomic E-state index is -0.732. The highest BCUT2D eigenvalue weighted by Gasteiger charge is 2.22. The van der Waals surface area contributed by atoms with Gasteiger partial charge in [-0.25, -0.2) is 24.0 Å². The number of nitrogen functional groups attached to an aromatic ring is 1. The molecule has 306 valence electrons. The molecule has 0 aliphatic heterocycles. The quantitative estimate of drug-likeness (QED) is 0.0250. The molecule has 3 aromatic carbocycles. The van der Waals surface area contributed by atoms with Crippen LogP contribution in [-0.4, -0.2) is 74.5 Å². The third-order valence-corrected chi connectivity index (χ3v) is 6.59. The number of para-hydroxylation sites is 3. The summed E-state index contributed by atoms with van der Waals surface area (Å²) in [5, 5.41) is 3.35. The molecule has 0 bridgehead atoms. The molecule has 0 saturated carbocycles. The van der Waals surface area contributed by atoms with Gasteiger partial charge in [0.1, 0.15) is 11.8 Å². The second kappa shape index (κ2) is 28.5. The summed E-state index contributed by atoms with van der Waals surface area (Å²) in [7, 11) is 0. The van der Waals surface area contributed by atoms with Crippen LogP contribution >= 0.6 is 0 Å². The first kappa shape index (κ1) is 48.1. The molecule has 0 saturated heterocycles. The Morgan fingerprint density at radius 3 is 1.51 bits per heavy atom. The molecule has 0 unspecified atom stereocenters. The van der Waals surface area contributed by atoms with E-state index in [4.69, 9.17) is 24.7 Å². The van der Waals surface area contributed by atoms with Crippen LogP contribution in [0, 0.1) is 0 Å². The Labute approximate surface area is 331 Å². The Balaban J connectivity index is 0.000000396. The average molecular weight is 790 g/mol. The number of ether oxygens (including phenoxy) is 6. The molecule has 0 spiro atoms. The number of anilines is 2. The first-order chi connectivity index (χ1) is 27.5. The number of rotatable bonds is 14. The van der Waals surface area contributed by atoms with Gasteiger partial charge in [0.05, 0.1) is 39.6 Å². The van der Waals surface area contributed by atoms with Crippen LogP contribution in [0.25, 0.3) is 10.9 Å². The number of pyridine rings is 1. The van der Waals surface area contributed by atoms with E-state index in [1.165, 1.54) is 12.4 Å². The van der Waals surface area contributed by atoms with Crippen molar-refractivity contribution < 1.29 is 52.4 Å². The van der Waals surface area contributed by atoms with Crippen molar-refractivity contribution in [2.75, 3.05) is 50.7 Å². The van der Waals surface area contributed by atoms with Gasteiger partial charge in [-0.2, -0.15) is 0 Å². The predicted molar refractivity (Wildman–Crippen MR) is 216 cm³/mol. The lowest BCUT2D eigenvalue weighted by Gasteiger charge is -2.07. The highest BCUT2D eigenvalue weighted by molar-refractivity contribution is 6.14. The van der Waals surface area contributed by atoms with Crippen LogP contribution in [-0.2, 0) is 47.6 Å². The van der Waals surface area contributed by atoms with Crippen molar-refractivity contribution in [2.45, 2.75) is 41.5 Å². The van der Waals surface area contributed by atoms with Crippen molar-refractivity contribution in [3.63, 3.8) is 0 Å². The van der Waals surface area contributed by atoms with Gasteiger partial charge >= 0.3 is 29.8 Å². The molecule has 1 aromatic heterocycles. The molecular weight excluding hydrogens is 738 g/mol. The fourth-order valence-corrected chi connectivity index (χ4v) is 4.05. The Bertz CT molecular complexity index is 1920. The fourth-order valence-electron chi connectivity index (χ4n) is 4.05. The standard InChI is InChI=1S/C14H17NO4.C12H11NO3.C10H16O5.C6H7N/c1-3-18-13(16)12(14(17)19-4-2)10-15-11-8-6-5-7-9-11;1-2-16-12(15)9-7-13-10-6-4-3-5-8(10)11(9)14;1-4-13-7-8(9(11)14-5-2)10(12)15-6-3;7-6-4-2-1-3-5-6/h5-10,15H,3-4H2,1-2H3;3-7H,2H2,1H3,(H,13,14);7H,4-6H2,1-3H3;1-5H,7H2. The summed E-state index contributed by atoms with van der Waals surface area (Å²) < 4.78 is 28.7. The predicted octanol–water partition coefficient (Wildman–Crippen LogP) is 6.12. The maximum absolute atomic E-state index is 11.9. The van der Waals surface area contributed by atoms with Gasteiger partial charge in [0.2, 0.25) is 5.43 Å². The lowest BCUT2D eigenvalue weighted by atomic mass is 10.1. The zero-order valence-corrected chi connectivity index (χ0v) is 33.0. The van der Waals surface area contributed by atoms with Crippen LogP contribution in [0.15, 0.2) is 120 Å². The van der Waals surface area contributed by atoms with Crippen LogP contribution in [0.5, 0.6) is 0 Å². The monoisotopic (exact) mass is 789 g/mol. The topological polar surface area (TPSA) is 212 Å². The van der Waals surface area contributed by atoms with Crippen molar-refractivity contribution in [3.05, 3.63) is 131 Å². The number of fused-ring (bicyclic) bond motifs is 1. The smallest absolute Gasteiger partial charge is 0.348 e. The zero-order chi connectivity index (χ0) is 42.4. The molecule has 0 aliphatic rings. The van der Waals surface area contributed by atoms with Crippen molar-refractivity contribution in [1.29, 1.82) is 0 Å². The minimum absolute atomic E-state index is 0.0422. The number of nitrogens with two attached hydrogens (primary N) is 1. The highest BCUT2D eigenvalue weighted by atomic mass is 16.6. The molecule has 15 nitrogen and oxygen atoms in total. The molecule has 4 rings (SSSR count). The van der Waals surface area contributed by atoms with E-state index in [2.05, 4.69) is 19.8 Å². The number of hydrogen-bond donors (Lipinski definition) is 3. The van der Waals surface area contributed by atoms with Gasteiger partial charge in [0.25, 0.3) is 0 Å². The van der Waals surface area contributed by atoms with Crippen LogP contribution in [0.2, 0.25) is 0 Å². The second-order valence-electron chi connectivity index (χ2n) is 10.6. The number of aromatic amines is 1. The number of nitrogens with one attached hydrogen (secondary N) is 2. The first-order valence-corrected chi connectivity index (χ1v) is 18.1. The van der Waals surface area contributed by atoms with Crippen LogP contribution in [0.4, 0.5) is 11.4 Å². The molecule has 1 heterocycles. The Morgan fingerprint density at radius 1 is 0.596 bits per heavy atom. The summed E-state index contributed by atoms with van der Waals surface area (Å²) in [5.41, 5.74) is 7.01. The van der Waals surface area contributed by atoms with Gasteiger partial charge in [-0.15, -0.1) is 0 Å². The average Bonchev–Trinajstić information content (AvgIpc) is 3.20. The van der Waals surface area contributed by atoms with E-state index in [1.807, 2.05) is 66.7 Å². The van der Waals surface area contributed by atoms with Gasteiger partial charge in [-0.05, 0) is 77.9 Å². The third-order valence-electron chi connectivity index (χ3n) is 6.59. The highest BCUT2D eigenvalue weighted by Crippen LogP contribution is 2.09. The van der Waals surface area contributed by atoms with Gasteiger partial charge < -0.3 is 44.5 Å². The Hall–Kier alpha value is -6.90. The zero-order valence-electron chi connectivity index (χ0n) is 33.0. The van der Waals surface area contributed by atoms with Gasteiger partial charge in [0.15, 0.2) is 11.1 Å². The number of benzene rings is 3. The van der Waals surface area contributed by atoms with Gasteiger partial charge in [0, 0.05) is 34.7 Å². The van der Waals surface area contributed by atoms with Crippen molar-refractivity contribution in [1.82, 2.24) is 4.98 Å². The van der Waals surface area contributed by atoms with E-state index in [-0.39, 0.29) is 55.2 Å². The maximum Gasteiger partial charge on any atom is 0.348 e. The Morgan fingerprint density at radius 2 is 1.05 bits per heavy atom. The van der Waals surface area contributed by atoms with Crippen molar-refractivity contribution in [3.8, 4) is 0 Å². The van der Waals surface area contributed by atoms with Crippen molar-refractivity contribution >= 4 is 52.1 Å². The molecule has 57 heavy (non-hydrogen) atoms. The SMILES string of the molecule is CCOC(=O)C(=CNc1ccccc1)C(=O)OCC.CCOC(=O)c1c[nH]c2ccccc2c1=O.CCOC=C(C(=O)OCC)C(=O)OCC.Nc1ccccc1. The molecule has 15 heteroatoms. The lowest BCUT2D eigenvalue weighted by molar-refractivity contribution is -0.148. The van der Waals surface area contributed by atoms with E-state index in [9.17, 15) is 28.8 Å². The van der Waals surface area contributed by atoms with Crippen LogP contribution in [0.3, 0.4) is 0 Å². The molecule has 0 atom stereocenters. The normalized spacial score (nSPS) is 9.44. The number of hydrogen-bond acceptors (Lipinski definition) is 14. The summed E-state index contributed by atoms with van der Waals surface area (Å²) in [5.74, 6) is -3.46. The number of carbonyl (C=O) groups is 5. The molecular formula is C42H51N3O12. The van der Waals surface area contributed by atoms with E-state index < -0.39 is 29.8 Å². The third kappa shape index (κ3) is 18.3. The van der Waals surface area contributed by atoms with Crippen LogP contribution < -0.4 is 16.5 Å². The molecule has 0 aliphatic carbocycles.